The molecule has 4 aromatic rings. The van der Waals surface area contributed by atoms with Gasteiger partial charge < -0.3 is 9.30 Å². The molecule has 0 aliphatic rings. The lowest BCUT2D eigenvalue weighted by Gasteiger charge is -2.10. The summed E-state index contributed by atoms with van der Waals surface area (Å²) < 4.78 is 6.86. The fourth-order valence-corrected chi connectivity index (χ4v) is 4.12. The van der Waals surface area contributed by atoms with Crippen LogP contribution in [0.2, 0.25) is 0 Å². The number of esters is 1. The van der Waals surface area contributed by atoms with Crippen LogP contribution in [-0.4, -0.2) is 38.5 Å². The molecule has 0 saturated carbocycles. The van der Waals surface area contributed by atoms with Gasteiger partial charge in [0.2, 0.25) is 0 Å². The number of hydrogen-bond donors (Lipinski definition) is 1. The molecule has 0 fully saturated rings. The minimum Gasteiger partial charge on any atom is -0.465 e. The van der Waals surface area contributed by atoms with E-state index in [1.54, 1.807) is 18.3 Å². The maximum Gasteiger partial charge on any atom is 0.337 e. The van der Waals surface area contributed by atoms with Gasteiger partial charge in [0.25, 0.3) is 5.91 Å². The third-order valence-electron chi connectivity index (χ3n) is 4.99. The van der Waals surface area contributed by atoms with Gasteiger partial charge in [0.05, 0.1) is 30.3 Å². The number of rotatable bonds is 5. The molecule has 1 amide bonds. The first kappa shape index (κ1) is 21.4. The van der Waals surface area contributed by atoms with Gasteiger partial charge in [0.1, 0.15) is 5.69 Å². The lowest BCUT2D eigenvalue weighted by atomic mass is 10.2. The highest BCUT2D eigenvalue weighted by molar-refractivity contribution is 7.14. The SMILES string of the molecule is COC(=O)c1ccc(-n2c(C)cc(-c3csc(NC(=O)c4cnc(C)cn4)n3)c2C)cc1. The average molecular weight is 448 g/mol. The van der Waals surface area contributed by atoms with E-state index >= 15 is 0 Å². The fraction of sp³-hybridized carbons (Fsp3) is 0.174. The van der Waals surface area contributed by atoms with E-state index < -0.39 is 0 Å². The van der Waals surface area contributed by atoms with Crippen LogP contribution in [0.5, 0.6) is 0 Å². The Morgan fingerprint density at radius 1 is 1.06 bits per heavy atom. The molecular weight excluding hydrogens is 426 g/mol. The molecule has 0 atom stereocenters. The number of anilines is 1. The smallest absolute Gasteiger partial charge is 0.337 e. The van der Waals surface area contributed by atoms with Crippen molar-refractivity contribution < 1.29 is 14.3 Å². The van der Waals surface area contributed by atoms with Crippen molar-refractivity contribution in [3.8, 4) is 16.9 Å². The molecule has 0 aliphatic heterocycles. The number of aryl methyl sites for hydroxylation is 2. The third-order valence-corrected chi connectivity index (χ3v) is 5.75. The summed E-state index contributed by atoms with van der Waals surface area (Å²) >= 11 is 1.35. The quantitative estimate of drug-likeness (QED) is 0.457. The Kier molecular flexibility index (Phi) is 5.83. The van der Waals surface area contributed by atoms with Crippen LogP contribution in [0.3, 0.4) is 0 Å². The molecule has 32 heavy (non-hydrogen) atoms. The van der Waals surface area contributed by atoms with E-state index in [0.717, 1.165) is 34.0 Å². The van der Waals surface area contributed by atoms with Crippen molar-refractivity contribution in [3.05, 3.63) is 76.4 Å². The highest BCUT2D eigenvalue weighted by Gasteiger charge is 2.17. The van der Waals surface area contributed by atoms with Crippen LogP contribution >= 0.6 is 11.3 Å². The number of carbonyl (C=O) groups is 2. The summed E-state index contributed by atoms with van der Waals surface area (Å²) in [7, 11) is 1.36. The molecular formula is C23H21N5O3S. The largest absolute Gasteiger partial charge is 0.465 e. The number of aromatic nitrogens is 4. The van der Waals surface area contributed by atoms with Crippen molar-refractivity contribution in [2.24, 2.45) is 0 Å². The van der Waals surface area contributed by atoms with Crippen LogP contribution in [0.15, 0.2) is 48.1 Å². The molecule has 0 unspecified atom stereocenters. The summed E-state index contributed by atoms with van der Waals surface area (Å²) in [6.07, 6.45) is 2.99. The molecule has 0 saturated heterocycles. The normalized spacial score (nSPS) is 10.8. The average Bonchev–Trinajstić information content (AvgIpc) is 3.37. The van der Waals surface area contributed by atoms with E-state index in [9.17, 15) is 9.59 Å². The van der Waals surface area contributed by atoms with E-state index in [0.29, 0.717) is 10.7 Å². The Balaban J connectivity index is 1.58. The van der Waals surface area contributed by atoms with E-state index in [2.05, 4.69) is 30.9 Å². The third kappa shape index (κ3) is 4.15. The van der Waals surface area contributed by atoms with Crippen LogP contribution in [0.4, 0.5) is 5.13 Å². The highest BCUT2D eigenvalue weighted by Crippen LogP contribution is 2.32. The predicted octanol–water partition coefficient (Wildman–Crippen LogP) is 4.35. The number of thiazole rings is 1. The molecule has 0 bridgehead atoms. The topological polar surface area (TPSA) is 99.0 Å². The second kappa shape index (κ2) is 8.72. The van der Waals surface area contributed by atoms with E-state index in [1.807, 2.05) is 38.3 Å². The van der Waals surface area contributed by atoms with Gasteiger partial charge in [-0.25, -0.2) is 14.8 Å². The molecule has 0 aliphatic carbocycles. The first-order chi connectivity index (χ1) is 15.4. The first-order valence-electron chi connectivity index (χ1n) is 9.81. The van der Waals surface area contributed by atoms with Gasteiger partial charge in [-0.2, -0.15) is 0 Å². The summed E-state index contributed by atoms with van der Waals surface area (Å²) in [5.41, 5.74) is 6.17. The summed E-state index contributed by atoms with van der Waals surface area (Å²) in [5.74, 6) is -0.721. The monoisotopic (exact) mass is 447 g/mol. The zero-order valence-electron chi connectivity index (χ0n) is 18.0. The van der Waals surface area contributed by atoms with E-state index in [1.165, 1.54) is 24.6 Å². The minimum absolute atomic E-state index is 0.237. The summed E-state index contributed by atoms with van der Waals surface area (Å²) in [6.45, 7) is 5.83. The zero-order valence-corrected chi connectivity index (χ0v) is 18.9. The molecule has 9 heteroatoms. The predicted molar refractivity (Wildman–Crippen MR) is 122 cm³/mol. The maximum atomic E-state index is 12.4. The fourth-order valence-electron chi connectivity index (χ4n) is 3.41. The summed E-state index contributed by atoms with van der Waals surface area (Å²) in [4.78, 5) is 36.9. The molecule has 0 spiro atoms. The second-order valence-electron chi connectivity index (χ2n) is 7.19. The van der Waals surface area contributed by atoms with Crippen molar-refractivity contribution in [2.45, 2.75) is 20.8 Å². The van der Waals surface area contributed by atoms with Gasteiger partial charge in [-0.1, -0.05) is 0 Å². The Labute approximate surface area is 188 Å². The molecule has 8 nitrogen and oxygen atoms in total. The highest BCUT2D eigenvalue weighted by atomic mass is 32.1. The van der Waals surface area contributed by atoms with Crippen molar-refractivity contribution in [1.29, 1.82) is 0 Å². The molecule has 0 radical (unpaired) electrons. The number of nitrogens with zero attached hydrogens (tertiary/aromatic N) is 4. The standard InChI is InChI=1S/C23H21N5O3S/c1-13-10-25-19(11-24-13)21(29)27-23-26-20(12-32-23)18-9-14(2)28(15(18)3)17-7-5-16(6-8-17)22(30)31-4/h5-12H,1-4H3,(H,26,27,29). The van der Waals surface area contributed by atoms with Gasteiger partial charge in [-0.05, 0) is 51.1 Å². The van der Waals surface area contributed by atoms with Crippen LogP contribution in [0, 0.1) is 20.8 Å². The van der Waals surface area contributed by atoms with Crippen molar-refractivity contribution in [1.82, 2.24) is 19.5 Å². The number of benzene rings is 1. The molecule has 3 heterocycles. The van der Waals surface area contributed by atoms with Crippen LogP contribution in [-0.2, 0) is 4.74 Å². The maximum absolute atomic E-state index is 12.4. The number of ether oxygens (including phenoxy) is 1. The number of carbonyl (C=O) groups excluding carboxylic acids is 2. The van der Waals surface area contributed by atoms with E-state index in [-0.39, 0.29) is 17.6 Å². The summed E-state index contributed by atoms with van der Waals surface area (Å²) in [5, 5.41) is 5.17. The summed E-state index contributed by atoms with van der Waals surface area (Å²) in [6, 6.07) is 9.29. The number of nitrogens with one attached hydrogen (secondary N) is 1. The Hall–Kier alpha value is -3.85. The van der Waals surface area contributed by atoms with Gasteiger partial charge >= 0.3 is 5.97 Å². The van der Waals surface area contributed by atoms with Crippen LogP contribution in [0.25, 0.3) is 16.9 Å². The van der Waals surface area contributed by atoms with Gasteiger partial charge in [-0.3, -0.25) is 15.1 Å². The molecule has 3 aromatic heterocycles. The van der Waals surface area contributed by atoms with Crippen molar-refractivity contribution >= 4 is 28.3 Å². The van der Waals surface area contributed by atoms with Gasteiger partial charge in [-0.15, -0.1) is 11.3 Å². The first-order valence-corrected chi connectivity index (χ1v) is 10.7. The van der Waals surface area contributed by atoms with Crippen molar-refractivity contribution in [3.63, 3.8) is 0 Å². The number of methoxy groups -OCH3 is 1. The Morgan fingerprint density at radius 3 is 2.47 bits per heavy atom. The second-order valence-corrected chi connectivity index (χ2v) is 8.05. The van der Waals surface area contributed by atoms with Crippen molar-refractivity contribution in [2.75, 3.05) is 12.4 Å². The Bertz CT molecular complexity index is 1290. The lowest BCUT2D eigenvalue weighted by Crippen LogP contribution is -2.14. The lowest BCUT2D eigenvalue weighted by molar-refractivity contribution is 0.0600. The molecule has 4 rings (SSSR count). The van der Waals surface area contributed by atoms with Crippen LogP contribution in [0.1, 0.15) is 37.9 Å². The number of hydrogen-bond acceptors (Lipinski definition) is 7. The molecule has 1 aromatic carbocycles. The molecule has 1 N–H and O–H groups in total. The van der Waals surface area contributed by atoms with E-state index in [4.69, 9.17) is 4.74 Å². The van der Waals surface area contributed by atoms with Gasteiger partial charge in [0.15, 0.2) is 5.13 Å². The zero-order chi connectivity index (χ0) is 22.8. The Morgan fingerprint density at radius 2 is 1.81 bits per heavy atom. The minimum atomic E-state index is -0.369. The molecule has 162 valence electrons. The number of amides is 1. The van der Waals surface area contributed by atoms with Crippen LogP contribution < -0.4 is 5.32 Å². The van der Waals surface area contributed by atoms with Gasteiger partial charge in [0, 0.05) is 34.2 Å².